The van der Waals surface area contributed by atoms with Crippen LogP contribution in [0.15, 0.2) is 18.3 Å². The number of alkyl halides is 3. The van der Waals surface area contributed by atoms with Crippen molar-refractivity contribution in [2.24, 2.45) is 0 Å². The molecule has 1 aromatic heterocycles. The van der Waals surface area contributed by atoms with Crippen LogP contribution < -0.4 is 5.32 Å². The largest absolute Gasteiger partial charge is 0.441 e. The molecule has 7 heteroatoms. The Labute approximate surface area is 94.7 Å². The minimum Gasteiger partial charge on any atom is -0.384 e. The fraction of sp³-hybridized carbons (Fsp3) is 0.333. The molecular formula is C9H8F3N3S. The third-order valence-electron chi connectivity index (χ3n) is 1.57. The van der Waals surface area contributed by atoms with Crippen LogP contribution in [0.5, 0.6) is 0 Å². The van der Waals surface area contributed by atoms with Gasteiger partial charge in [-0.1, -0.05) is 0 Å². The highest BCUT2D eigenvalue weighted by Gasteiger charge is 2.27. The van der Waals surface area contributed by atoms with Gasteiger partial charge in [0.25, 0.3) is 0 Å². The number of anilines is 1. The maximum absolute atomic E-state index is 11.8. The molecule has 1 N–H and O–H groups in total. The molecule has 0 aliphatic heterocycles. The molecule has 0 radical (unpaired) electrons. The summed E-state index contributed by atoms with van der Waals surface area (Å²) in [5.41, 5.74) is -3.37. The zero-order valence-electron chi connectivity index (χ0n) is 8.08. The summed E-state index contributed by atoms with van der Waals surface area (Å²) >= 11 is -0.0804. The highest BCUT2D eigenvalue weighted by atomic mass is 32.2. The number of nitriles is 1. The lowest BCUT2D eigenvalue weighted by Crippen LogP contribution is -2.09. The minimum atomic E-state index is -4.20. The average molecular weight is 247 g/mol. The van der Waals surface area contributed by atoms with Crippen LogP contribution in [-0.4, -0.2) is 22.8 Å². The standard InChI is InChI=1S/C9H8F3N3S/c10-9(11,12)16-4-3-15-7-1-2-14-8(5-7)6-13/h1-2,5H,3-4H2,(H,14,15). The normalized spacial score (nSPS) is 10.9. The Morgan fingerprint density at radius 2 is 2.25 bits per heavy atom. The summed E-state index contributed by atoms with van der Waals surface area (Å²) in [4.78, 5) is 3.74. The van der Waals surface area contributed by atoms with Gasteiger partial charge in [0.2, 0.25) is 0 Å². The summed E-state index contributed by atoms with van der Waals surface area (Å²) in [6, 6.07) is 4.93. The van der Waals surface area contributed by atoms with E-state index in [1.165, 1.54) is 12.3 Å². The summed E-state index contributed by atoms with van der Waals surface area (Å²) in [7, 11) is 0. The number of nitrogens with zero attached hydrogens (tertiary/aromatic N) is 2. The molecular weight excluding hydrogens is 239 g/mol. The predicted octanol–water partition coefficient (Wildman–Crippen LogP) is 2.62. The Bertz CT molecular complexity index is 386. The summed E-state index contributed by atoms with van der Waals surface area (Å²) < 4.78 is 35.3. The van der Waals surface area contributed by atoms with Crippen molar-refractivity contribution in [3.05, 3.63) is 24.0 Å². The summed E-state index contributed by atoms with van der Waals surface area (Å²) in [5.74, 6) is -0.0757. The maximum atomic E-state index is 11.8. The summed E-state index contributed by atoms with van der Waals surface area (Å²) in [6.45, 7) is 0.180. The summed E-state index contributed by atoms with van der Waals surface area (Å²) in [5, 5.41) is 11.3. The second kappa shape index (κ2) is 5.61. The second-order valence-corrected chi connectivity index (χ2v) is 3.92. The van der Waals surface area contributed by atoms with Gasteiger partial charge in [-0.05, 0) is 23.9 Å². The van der Waals surface area contributed by atoms with Crippen molar-refractivity contribution < 1.29 is 13.2 Å². The molecule has 0 saturated heterocycles. The first kappa shape index (κ1) is 12.6. The molecule has 86 valence electrons. The molecule has 0 bridgehead atoms. The maximum Gasteiger partial charge on any atom is 0.441 e. The monoisotopic (exact) mass is 247 g/mol. The Morgan fingerprint density at radius 1 is 1.50 bits per heavy atom. The van der Waals surface area contributed by atoms with Crippen molar-refractivity contribution in [2.45, 2.75) is 5.51 Å². The van der Waals surface area contributed by atoms with E-state index < -0.39 is 5.51 Å². The van der Waals surface area contributed by atoms with E-state index in [-0.39, 0.29) is 29.8 Å². The van der Waals surface area contributed by atoms with Gasteiger partial charge in [0.05, 0.1) is 0 Å². The first-order valence-electron chi connectivity index (χ1n) is 4.32. The lowest BCUT2D eigenvalue weighted by Gasteiger charge is -2.07. The lowest BCUT2D eigenvalue weighted by atomic mass is 10.3. The number of pyridine rings is 1. The smallest absolute Gasteiger partial charge is 0.384 e. The molecule has 1 heterocycles. The Kier molecular flexibility index (Phi) is 4.43. The Morgan fingerprint density at radius 3 is 2.88 bits per heavy atom. The van der Waals surface area contributed by atoms with E-state index >= 15 is 0 Å². The van der Waals surface area contributed by atoms with E-state index in [4.69, 9.17) is 5.26 Å². The van der Waals surface area contributed by atoms with Crippen LogP contribution in [0.4, 0.5) is 18.9 Å². The molecule has 0 unspecified atom stereocenters. The van der Waals surface area contributed by atoms with Crippen LogP contribution in [-0.2, 0) is 0 Å². The van der Waals surface area contributed by atoms with Crippen molar-refractivity contribution in [1.29, 1.82) is 5.26 Å². The Balaban J connectivity index is 2.35. The first-order valence-corrected chi connectivity index (χ1v) is 5.30. The fourth-order valence-electron chi connectivity index (χ4n) is 0.964. The number of halogens is 3. The Hall–Kier alpha value is -1.42. The second-order valence-electron chi connectivity index (χ2n) is 2.76. The zero-order valence-corrected chi connectivity index (χ0v) is 8.90. The van der Waals surface area contributed by atoms with Crippen LogP contribution in [0, 0.1) is 11.3 Å². The van der Waals surface area contributed by atoms with Crippen LogP contribution in [0.25, 0.3) is 0 Å². The average Bonchev–Trinajstić information content (AvgIpc) is 2.23. The highest BCUT2D eigenvalue weighted by molar-refractivity contribution is 8.00. The van der Waals surface area contributed by atoms with Crippen molar-refractivity contribution in [3.63, 3.8) is 0 Å². The quantitative estimate of drug-likeness (QED) is 0.831. The molecule has 16 heavy (non-hydrogen) atoms. The summed E-state index contributed by atoms with van der Waals surface area (Å²) in [6.07, 6.45) is 1.43. The van der Waals surface area contributed by atoms with E-state index in [0.29, 0.717) is 5.69 Å². The van der Waals surface area contributed by atoms with Crippen molar-refractivity contribution in [2.75, 3.05) is 17.6 Å². The van der Waals surface area contributed by atoms with Crippen LogP contribution in [0.3, 0.4) is 0 Å². The van der Waals surface area contributed by atoms with Crippen LogP contribution in [0.1, 0.15) is 5.69 Å². The van der Waals surface area contributed by atoms with E-state index in [9.17, 15) is 13.2 Å². The molecule has 1 rings (SSSR count). The van der Waals surface area contributed by atoms with Gasteiger partial charge in [0.15, 0.2) is 0 Å². The van der Waals surface area contributed by atoms with Gasteiger partial charge in [-0.15, -0.1) is 0 Å². The number of aromatic nitrogens is 1. The molecule has 0 aliphatic rings. The van der Waals surface area contributed by atoms with Gasteiger partial charge in [0.1, 0.15) is 11.8 Å². The number of hydrogen-bond acceptors (Lipinski definition) is 4. The highest BCUT2D eigenvalue weighted by Crippen LogP contribution is 2.29. The minimum absolute atomic E-state index is 0.0757. The van der Waals surface area contributed by atoms with Gasteiger partial charge in [-0.2, -0.15) is 18.4 Å². The SMILES string of the molecule is N#Cc1cc(NCCSC(F)(F)F)ccn1. The van der Waals surface area contributed by atoms with Crippen molar-refractivity contribution in [1.82, 2.24) is 4.98 Å². The topological polar surface area (TPSA) is 48.7 Å². The fourth-order valence-corrected chi connectivity index (χ4v) is 1.40. The number of hydrogen-bond donors (Lipinski definition) is 1. The van der Waals surface area contributed by atoms with E-state index in [1.807, 2.05) is 6.07 Å². The van der Waals surface area contributed by atoms with Crippen LogP contribution >= 0.6 is 11.8 Å². The molecule has 3 nitrogen and oxygen atoms in total. The van der Waals surface area contributed by atoms with Gasteiger partial charge in [-0.25, -0.2) is 4.98 Å². The molecule has 0 saturated carbocycles. The molecule has 0 fully saturated rings. The van der Waals surface area contributed by atoms with Crippen molar-refractivity contribution in [3.8, 4) is 6.07 Å². The van der Waals surface area contributed by atoms with Gasteiger partial charge in [-0.3, -0.25) is 0 Å². The molecule has 1 aromatic rings. The number of thioether (sulfide) groups is 1. The van der Waals surface area contributed by atoms with Gasteiger partial charge < -0.3 is 5.32 Å². The van der Waals surface area contributed by atoms with Crippen molar-refractivity contribution >= 4 is 17.4 Å². The number of rotatable bonds is 4. The molecule has 0 aromatic carbocycles. The molecule has 0 spiro atoms. The van der Waals surface area contributed by atoms with Gasteiger partial charge >= 0.3 is 5.51 Å². The molecule has 0 aliphatic carbocycles. The predicted molar refractivity (Wildman–Crippen MR) is 56.0 cm³/mol. The number of nitrogens with one attached hydrogen (secondary N) is 1. The zero-order chi connectivity index (χ0) is 12.0. The third-order valence-corrected chi connectivity index (χ3v) is 2.31. The van der Waals surface area contributed by atoms with E-state index in [2.05, 4.69) is 10.3 Å². The van der Waals surface area contributed by atoms with E-state index in [0.717, 1.165) is 0 Å². The van der Waals surface area contributed by atoms with E-state index in [1.54, 1.807) is 6.07 Å². The van der Waals surface area contributed by atoms with Crippen LogP contribution in [0.2, 0.25) is 0 Å². The lowest BCUT2D eigenvalue weighted by molar-refractivity contribution is -0.0327. The van der Waals surface area contributed by atoms with Gasteiger partial charge in [0, 0.05) is 24.2 Å². The first-order chi connectivity index (χ1) is 7.51. The molecule has 0 atom stereocenters. The molecule has 0 amide bonds. The third kappa shape index (κ3) is 4.89.